The summed E-state index contributed by atoms with van der Waals surface area (Å²) >= 11 is 0. The number of carboxylic acid groups (broad SMARTS) is 1. The maximum Gasteiger partial charge on any atom is 0.354 e. The van der Waals surface area contributed by atoms with Gasteiger partial charge in [-0.1, -0.05) is 0 Å². The highest BCUT2D eigenvalue weighted by molar-refractivity contribution is 5.85. The zero-order valence-corrected chi connectivity index (χ0v) is 6.40. The molecule has 0 fully saturated rings. The minimum atomic E-state index is -1.08. The van der Waals surface area contributed by atoms with Gasteiger partial charge in [0.15, 0.2) is 0 Å². The standard InChI is InChI=1S/C8H6N2O2/c1-5-6(4-9)2-3-7(10-5)8(11)12/h2-3H,1H3,(H,11,12). The quantitative estimate of drug-likeness (QED) is 0.667. The number of hydrogen-bond donors (Lipinski definition) is 1. The number of nitriles is 1. The smallest absolute Gasteiger partial charge is 0.354 e. The van der Waals surface area contributed by atoms with Gasteiger partial charge in [0.1, 0.15) is 11.8 Å². The maximum atomic E-state index is 10.4. The number of aromatic carboxylic acids is 1. The van der Waals surface area contributed by atoms with Gasteiger partial charge in [0.25, 0.3) is 0 Å². The normalized spacial score (nSPS) is 9.00. The minimum Gasteiger partial charge on any atom is -0.477 e. The van der Waals surface area contributed by atoms with Gasteiger partial charge in [-0.25, -0.2) is 9.78 Å². The van der Waals surface area contributed by atoms with E-state index >= 15 is 0 Å². The third-order valence-corrected chi connectivity index (χ3v) is 1.43. The summed E-state index contributed by atoms with van der Waals surface area (Å²) in [5.74, 6) is -1.08. The van der Waals surface area contributed by atoms with E-state index in [1.165, 1.54) is 12.1 Å². The second-order valence-corrected chi connectivity index (χ2v) is 2.25. The van der Waals surface area contributed by atoms with Crippen LogP contribution < -0.4 is 0 Å². The first-order chi connectivity index (χ1) is 5.65. The summed E-state index contributed by atoms with van der Waals surface area (Å²) in [4.78, 5) is 14.1. The van der Waals surface area contributed by atoms with Crippen molar-refractivity contribution in [3.05, 3.63) is 29.1 Å². The molecular weight excluding hydrogens is 156 g/mol. The monoisotopic (exact) mass is 162 g/mol. The van der Waals surface area contributed by atoms with Crippen molar-refractivity contribution in [3.8, 4) is 6.07 Å². The summed E-state index contributed by atoms with van der Waals surface area (Å²) in [7, 11) is 0. The number of hydrogen-bond acceptors (Lipinski definition) is 3. The summed E-state index contributed by atoms with van der Waals surface area (Å²) in [6, 6.07) is 4.67. The van der Waals surface area contributed by atoms with Crippen molar-refractivity contribution in [1.29, 1.82) is 5.26 Å². The molecule has 0 amide bonds. The molecule has 0 unspecified atom stereocenters. The van der Waals surface area contributed by atoms with Crippen molar-refractivity contribution in [2.24, 2.45) is 0 Å². The zero-order chi connectivity index (χ0) is 9.14. The van der Waals surface area contributed by atoms with E-state index in [0.29, 0.717) is 11.3 Å². The van der Waals surface area contributed by atoms with Crippen LogP contribution in [0.3, 0.4) is 0 Å². The summed E-state index contributed by atoms with van der Waals surface area (Å²) in [6.45, 7) is 1.60. The molecule has 1 N–H and O–H groups in total. The average Bonchev–Trinajstić information content (AvgIpc) is 2.04. The molecule has 1 rings (SSSR count). The van der Waals surface area contributed by atoms with Gasteiger partial charge >= 0.3 is 5.97 Å². The lowest BCUT2D eigenvalue weighted by Crippen LogP contribution is -2.02. The van der Waals surface area contributed by atoms with E-state index in [2.05, 4.69) is 4.98 Å². The number of aryl methyl sites for hydroxylation is 1. The molecule has 4 heteroatoms. The Hall–Kier alpha value is -1.89. The SMILES string of the molecule is Cc1nc(C(=O)O)ccc1C#N. The topological polar surface area (TPSA) is 74.0 Å². The van der Waals surface area contributed by atoms with Crippen molar-refractivity contribution in [2.45, 2.75) is 6.92 Å². The van der Waals surface area contributed by atoms with Crippen LogP contribution in [0, 0.1) is 18.3 Å². The fraction of sp³-hybridized carbons (Fsp3) is 0.125. The van der Waals surface area contributed by atoms with Crippen LogP contribution in [0.2, 0.25) is 0 Å². The Bertz CT molecular complexity index is 366. The summed E-state index contributed by atoms with van der Waals surface area (Å²) < 4.78 is 0. The lowest BCUT2D eigenvalue weighted by Gasteiger charge is -1.96. The molecule has 0 saturated heterocycles. The molecule has 0 bridgehead atoms. The molecule has 0 saturated carbocycles. The molecule has 12 heavy (non-hydrogen) atoms. The highest BCUT2D eigenvalue weighted by atomic mass is 16.4. The van der Waals surface area contributed by atoms with Gasteiger partial charge in [-0.05, 0) is 19.1 Å². The lowest BCUT2D eigenvalue weighted by molar-refractivity contribution is 0.0690. The number of rotatable bonds is 1. The fourth-order valence-corrected chi connectivity index (χ4v) is 0.798. The number of carboxylic acids is 1. The first-order valence-corrected chi connectivity index (χ1v) is 3.26. The van der Waals surface area contributed by atoms with Gasteiger partial charge in [-0.3, -0.25) is 0 Å². The van der Waals surface area contributed by atoms with Crippen LogP contribution in [0.25, 0.3) is 0 Å². The predicted octanol–water partition coefficient (Wildman–Crippen LogP) is 0.960. The van der Waals surface area contributed by atoms with Crippen LogP contribution in [0.4, 0.5) is 0 Å². The molecule has 0 aliphatic rings. The second kappa shape index (κ2) is 3.01. The number of aromatic nitrogens is 1. The van der Waals surface area contributed by atoms with Gasteiger partial charge in [0, 0.05) is 0 Å². The maximum absolute atomic E-state index is 10.4. The molecular formula is C8H6N2O2. The van der Waals surface area contributed by atoms with Crippen molar-refractivity contribution in [1.82, 2.24) is 4.98 Å². The summed E-state index contributed by atoms with van der Waals surface area (Å²) in [6.07, 6.45) is 0. The van der Waals surface area contributed by atoms with E-state index < -0.39 is 5.97 Å². The Morgan fingerprint density at radius 3 is 2.75 bits per heavy atom. The molecule has 0 radical (unpaired) electrons. The van der Waals surface area contributed by atoms with Crippen molar-refractivity contribution >= 4 is 5.97 Å². The Labute approximate surface area is 69.1 Å². The molecule has 0 aliphatic carbocycles. The fourth-order valence-electron chi connectivity index (χ4n) is 0.798. The Morgan fingerprint density at radius 2 is 2.33 bits per heavy atom. The predicted molar refractivity (Wildman–Crippen MR) is 40.6 cm³/mol. The highest BCUT2D eigenvalue weighted by Gasteiger charge is 2.06. The van der Waals surface area contributed by atoms with E-state index in [1.807, 2.05) is 6.07 Å². The largest absolute Gasteiger partial charge is 0.477 e. The van der Waals surface area contributed by atoms with Crippen LogP contribution in [-0.4, -0.2) is 16.1 Å². The van der Waals surface area contributed by atoms with E-state index in [-0.39, 0.29) is 5.69 Å². The number of carbonyl (C=O) groups is 1. The Kier molecular flexibility index (Phi) is 2.06. The van der Waals surface area contributed by atoms with Crippen molar-refractivity contribution in [3.63, 3.8) is 0 Å². The highest BCUT2D eigenvalue weighted by Crippen LogP contribution is 2.04. The van der Waals surface area contributed by atoms with E-state index in [9.17, 15) is 4.79 Å². The van der Waals surface area contributed by atoms with Crippen LogP contribution in [0.5, 0.6) is 0 Å². The average molecular weight is 162 g/mol. The van der Waals surface area contributed by atoms with Gasteiger partial charge in [-0.15, -0.1) is 0 Å². The van der Waals surface area contributed by atoms with Crippen molar-refractivity contribution in [2.75, 3.05) is 0 Å². The third-order valence-electron chi connectivity index (χ3n) is 1.43. The molecule has 0 spiro atoms. The second-order valence-electron chi connectivity index (χ2n) is 2.25. The third kappa shape index (κ3) is 1.40. The number of nitrogens with zero attached hydrogens (tertiary/aromatic N) is 2. The molecule has 0 aliphatic heterocycles. The van der Waals surface area contributed by atoms with Gasteiger partial charge in [0.2, 0.25) is 0 Å². The van der Waals surface area contributed by atoms with E-state index in [4.69, 9.17) is 10.4 Å². The molecule has 0 atom stereocenters. The molecule has 4 nitrogen and oxygen atoms in total. The molecule has 60 valence electrons. The Morgan fingerprint density at radius 1 is 1.67 bits per heavy atom. The lowest BCUT2D eigenvalue weighted by atomic mass is 10.2. The summed E-state index contributed by atoms with van der Waals surface area (Å²) in [5, 5.41) is 17.0. The zero-order valence-electron chi connectivity index (χ0n) is 6.40. The number of pyridine rings is 1. The van der Waals surface area contributed by atoms with Gasteiger partial charge < -0.3 is 5.11 Å². The molecule has 1 heterocycles. The van der Waals surface area contributed by atoms with Crippen LogP contribution >= 0.6 is 0 Å². The van der Waals surface area contributed by atoms with E-state index in [1.54, 1.807) is 6.92 Å². The van der Waals surface area contributed by atoms with Gasteiger partial charge in [0.05, 0.1) is 11.3 Å². The molecule has 0 aromatic carbocycles. The first-order valence-electron chi connectivity index (χ1n) is 3.26. The van der Waals surface area contributed by atoms with Crippen LogP contribution in [0.1, 0.15) is 21.7 Å². The summed E-state index contributed by atoms with van der Waals surface area (Å²) in [5.41, 5.74) is 0.809. The first kappa shape index (κ1) is 8.21. The van der Waals surface area contributed by atoms with Crippen LogP contribution in [-0.2, 0) is 0 Å². The Balaban J connectivity index is 3.21. The van der Waals surface area contributed by atoms with Gasteiger partial charge in [-0.2, -0.15) is 5.26 Å². The molecule has 1 aromatic heterocycles. The minimum absolute atomic E-state index is 0.0356. The molecule has 1 aromatic rings. The van der Waals surface area contributed by atoms with Crippen LogP contribution in [0.15, 0.2) is 12.1 Å². The van der Waals surface area contributed by atoms with E-state index in [0.717, 1.165) is 0 Å². The van der Waals surface area contributed by atoms with Crippen molar-refractivity contribution < 1.29 is 9.90 Å².